The van der Waals surface area contributed by atoms with Crippen molar-refractivity contribution in [1.29, 1.82) is 0 Å². The average Bonchev–Trinajstić information content (AvgIpc) is 3.27. The summed E-state index contributed by atoms with van der Waals surface area (Å²) in [5.74, 6) is 1.39. The maximum absolute atomic E-state index is 10.8. The van der Waals surface area contributed by atoms with E-state index in [1.165, 1.54) is 4.57 Å². The smallest absolute Gasteiger partial charge is 0.205 e. The first-order valence-electron chi connectivity index (χ1n) is 8.54. The highest BCUT2D eigenvalue weighted by molar-refractivity contribution is 9.10. The normalized spacial score (nSPS) is 22.2. The van der Waals surface area contributed by atoms with Gasteiger partial charge in [-0.1, -0.05) is 22.0 Å². The number of benzene rings is 2. The van der Waals surface area contributed by atoms with Crippen LogP contribution in [0.4, 0.5) is 0 Å². The predicted octanol–water partition coefficient (Wildman–Crippen LogP) is 5.30. The number of halogens is 1. The molecule has 0 saturated heterocycles. The SMILES string of the molecule is CC12C=CC(O1)c1c2c(O)n(-c2ccc(Oc3ccc(Br)cc3)cc2)c1O. The number of hydrogen-bond donors (Lipinski definition) is 2. The first kappa shape index (κ1) is 16.5. The number of nitrogens with zero attached hydrogens (tertiary/aromatic N) is 1. The Hall–Kier alpha value is -2.70. The lowest BCUT2D eigenvalue weighted by Crippen LogP contribution is -2.14. The Bertz CT molecular complexity index is 1070. The van der Waals surface area contributed by atoms with Gasteiger partial charge in [-0.3, -0.25) is 4.57 Å². The second kappa shape index (κ2) is 5.65. The molecule has 3 aromatic rings. The van der Waals surface area contributed by atoms with Crippen molar-refractivity contribution < 1.29 is 19.7 Å². The van der Waals surface area contributed by atoms with E-state index in [1.807, 2.05) is 43.3 Å². The second-order valence-corrected chi connectivity index (χ2v) is 7.74. The minimum Gasteiger partial charge on any atom is -0.494 e. The van der Waals surface area contributed by atoms with E-state index in [0.29, 0.717) is 22.6 Å². The molecule has 0 spiro atoms. The topological polar surface area (TPSA) is 63.9 Å². The van der Waals surface area contributed by atoms with Crippen LogP contribution in [0.15, 0.2) is 65.2 Å². The third-order valence-electron chi connectivity index (χ3n) is 5.04. The molecule has 5 rings (SSSR count). The molecule has 2 aliphatic heterocycles. The van der Waals surface area contributed by atoms with Crippen LogP contribution in [0.2, 0.25) is 0 Å². The van der Waals surface area contributed by atoms with E-state index in [1.54, 1.807) is 24.3 Å². The lowest BCUT2D eigenvalue weighted by molar-refractivity contribution is 0.00856. The molecule has 2 bridgehead atoms. The van der Waals surface area contributed by atoms with Crippen molar-refractivity contribution in [3.8, 4) is 28.9 Å². The van der Waals surface area contributed by atoms with Gasteiger partial charge in [0.05, 0.1) is 16.8 Å². The fourth-order valence-corrected chi connectivity index (χ4v) is 4.05. The minimum atomic E-state index is -0.697. The van der Waals surface area contributed by atoms with Gasteiger partial charge in [-0.25, -0.2) is 0 Å². The van der Waals surface area contributed by atoms with Crippen molar-refractivity contribution in [3.05, 3.63) is 76.3 Å². The molecule has 2 atom stereocenters. The Labute approximate surface area is 164 Å². The zero-order valence-corrected chi connectivity index (χ0v) is 16.0. The summed E-state index contributed by atoms with van der Waals surface area (Å²) in [5, 5.41) is 21.5. The highest BCUT2D eigenvalue weighted by Gasteiger charge is 2.50. The van der Waals surface area contributed by atoms with Gasteiger partial charge in [-0.2, -0.15) is 0 Å². The van der Waals surface area contributed by atoms with Crippen LogP contribution in [0, 0.1) is 0 Å². The summed E-state index contributed by atoms with van der Waals surface area (Å²) >= 11 is 3.40. The Morgan fingerprint density at radius 2 is 1.63 bits per heavy atom. The van der Waals surface area contributed by atoms with Crippen molar-refractivity contribution in [1.82, 2.24) is 4.57 Å². The summed E-state index contributed by atoms with van der Waals surface area (Å²) in [7, 11) is 0. The van der Waals surface area contributed by atoms with Gasteiger partial charge in [0.15, 0.2) is 0 Å². The third-order valence-corrected chi connectivity index (χ3v) is 5.57. The fourth-order valence-electron chi connectivity index (χ4n) is 3.78. The van der Waals surface area contributed by atoms with E-state index in [4.69, 9.17) is 9.47 Å². The van der Waals surface area contributed by atoms with Crippen LogP contribution in [0.25, 0.3) is 5.69 Å². The van der Waals surface area contributed by atoms with Gasteiger partial charge in [0.1, 0.15) is 23.2 Å². The van der Waals surface area contributed by atoms with Crippen LogP contribution < -0.4 is 4.74 Å². The van der Waals surface area contributed by atoms with E-state index in [-0.39, 0.29) is 17.9 Å². The molecule has 0 amide bonds. The van der Waals surface area contributed by atoms with Gasteiger partial charge in [-0.05, 0) is 61.5 Å². The van der Waals surface area contributed by atoms with Crippen molar-refractivity contribution in [2.75, 3.05) is 0 Å². The summed E-state index contributed by atoms with van der Waals surface area (Å²) in [6.45, 7) is 1.88. The molecule has 5 nitrogen and oxygen atoms in total. The van der Waals surface area contributed by atoms with Crippen molar-refractivity contribution in [2.24, 2.45) is 0 Å². The number of aromatic nitrogens is 1. The fraction of sp³-hybridized carbons (Fsp3) is 0.143. The Balaban J connectivity index is 1.48. The van der Waals surface area contributed by atoms with Crippen LogP contribution in [-0.2, 0) is 10.3 Å². The number of fused-ring (bicyclic) bond motifs is 5. The molecule has 1 aromatic heterocycles. The quantitative estimate of drug-likeness (QED) is 0.558. The van der Waals surface area contributed by atoms with E-state index in [2.05, 4.69) is 15.9 Å². The van der Waals surface area contributed by atoms with Crippen LogP contribution in [-0.4, -0.2) is 14.8 Å². The largest absolute Gasteiger partial charge is 0.494 e. The van der Waals surface area contributed by atoms with E-state index < -0.39 is 5.60 Å². The van der Waals surface area contributed by atoms with Gasteiger partial charge >= 0.3 is 0 Å². The van der Waals surface area contributed by atoms with Crippen molar-refractivity contribution in [3.63, 3.8) is 0 Å². The maximum atomic E-state index is 10.8. The molecular formula is C21H16BrNO4. The molecule has 3 heterocycles. The highest BCUT2D eigenvalue weighted by Crippen LogP contribution is 2.58. The van der Waals surface area contributed by atoms with Gasteiger partial charge in [0.2, 0.25) is 11.8 Å². The van der Waals surface area contributed by atoms with Crippen LogP contribution in [0.3, 0.4) is 0 Å². The van der Waals surface area contributed by atoms with E-state index in [9.17, 15) is 10.2 Å². The number of rotatable bonds is 3. The monoisotopic (exact) mass is 425 g/mol. The zero-order chi connectivity index (χ0) is 18.8. The zero-order valence-electron chi connectivity index (χ0n) is 14.4. The number of aromatic hydroxyl groups is 2. The predicted molar refractivity (Wildman–Crippen MR) is 104 cm³/mol. The molecule has 0 radical (unpaired) electrons. The summed E-state index contributed by atoms with van der Waals surface area (Å²) in [6.07, 6.45) is 3.50. The molecule has 2 N–H and O–H groups in total. The average molecular weight is 426 g/mol. The molecule has 136 valence electrons. The summed E-state index contributed by atoms with van der Waals surface area (Å²) < 4.78 is 14.1. The van der Waals surface area contributed by atoms with Crippen molar-refractivity contribution >= 4 is 15.9 Å². The number of ether oxygens (including phenoxy) is 2. The lowest BCUT2D eigenvalue weighted by Gasteiger charge is -2.18. The van der Waals surface area contributed by atoms with Crippen LogP contribution in [0.5, 0.6) is 23.3 Å². The lowest BCUT2D eigenvalue weighted by atomic mass is 9.91. The molecule has 2 aliphatic rings. The molecule has 2 unspecified atom stereocenters. The van der Waals surface area contributed by atoms with Crippen molar-refractivity contribution in [2.45, 2.75) is 18.6 Å². The molecule has 0 saturated carbocycles. The standard InChI is InChI=1S/C21H16BrNO4/c1-21-11-10-16(27-21)17-18(21)20(25)23(19(17)24)13-4-8-15(9-5-13)26-14-6-2-12(22)3-7-14/h2-11,16,24-25H,1H3. The summed E-state index contributed by atoms with van der Waals surface area (Å²) in [6, 6.07) is 14.7. The highest BCUT2D eigenvalue weighted by atomic mass is 79.9. The maximum Gasteiger partial charge on any atom is 0.205 e. The third kappa shape index (κ3) is 2.40. The van der Waals surface area contributed by atoms with Gasteiger partial charge < -0.3 is 19.7 Å². The Kier molecular flexibility index (Phi) is 3.44. The molecule has 6 heteroatoms. The summed E-state index contributed by atoms with van der Waals surface area (Å²) in [5.41, 5.74) is 1.21. The van der Waals surface area contributed by atoms with Gasteiger partial charge in [-0.15, -0.1) is 0 Å². The van der Waals surface area contributed by atoms with Crippen LogP contribution in [0.1, 0.15) is 24.2 Å². The second-order valence-electron chi connectivity index (χ2n) is 6.83. The minimum absolute atomic E-state index is 0.00146. The molecular weight excluding hydrogens is 410 g/mol. The molecule has 0 fully saturated rings. The molecule has 27 heavy (non-hydrogen) atoms. The number of hydrogen-bond acceptors (Lipinski definition) is 4. The first-order valence-corrected chi connectivity index (χ1v) is 9.33. The van der Waals surface area contributed by atoms with Gasteiger partial charge in [0.25, 0.3) is 0 Å². The van der Waals surface area contributed by atoms with Crippen LogP contribution >= 0.6 is 15.9 Å². The molecule has 2 aromatic carbocycles. The molecule has 0 aliphatic carbocycles. The van der Waals surface area contributed by atoms with E-state index >= 15 is 0 Å². The Morgan fingerprint density at radius 3 is 2.26 bits per heavy atom. The Morgan fingerprint density at radius 1 is 1.00 bits per heavy atom. The summed E-state index contributed by atoms with van der Waals surface area (Å²) in [4.78, 5) is 0. The van der Waals surface area contributed by atoms with E-state index in [0.717, 1.165) is 10.2 Å². The first-order chi connectivity index (χ1) is 13.0. The van der Waals surface area contributed by atoms with Gasteiger partial charge in [0, 0.05) is 4.47 Å².